The SMILES string of the molecule is CCCCC1=C(c2cccc(CCCC)c2)[N+](=[N-])C(c2cccc(CCCC)c2)=C1CCCC.c1ccc([O][Ni][O]c2ccccc2)cc1. The zero-order valence-electron chi connectivity index (χ0n) is 29.9. The Morgan fingerprint density at radius 2 is 0.878 bits per heavy atom. The van der Waals surface area contributed by atoms with Crippen LogP contribution in [0.15, 0.2) is 120 Å². The molecule has 0 spiro atoms. The fourth-order valence-electron chi connectivity index (χ4n) is 6.00. The molecule has 262 valence electrons. The molecule has 0 radical (unpaired) electrons. The third-order valence-corrected chi connectivity index (χ3v) is 9.28. The van der Waals surface area contributed by atoms with E-state index in [2.05, 4.69) is 76.2 Å². The van der Waals surface area contributed by atoms with Crippen LogP contribution in [0.25, 0.3) is 16.9 Å². The summed E-state index contributed by atoms with van der Waals surface area (Å²) in [6.07, 6.45) is 13.6. The van der Waals surface area contributed by atoms with Gasteiger partial charge in [0.2, 0.25) is 11.4 Å². The minimum absolute atomic E-state index is 0.777. The Morgan fingerprint density at radius 3 is 1.27 bits per heavy atom. The molecule has 1 aliphatic rings. The van der Waals surface area contributed by atoms with Gasteiger partial charge in [0.05, 0.1) is 0 Å². The molecule has 1 heterocycles. The average Bonchev–Trinajstić information content (AvgIpc) is 3.42. The van der Waals surface area contributed by atoms with E-state index in [1.165, 1.54) is 52.7 Å². The molecule has 0 saturated heterocycles. The Hall–Kier alpha value is -3.95. The first-order chi connectivity index (χ1) is 24.1. The van der Waals surface area contributed by atoms with Crippen molar-refractivity contribution in [3.05, 3.63) is 148 Å². The molecule has 0 bridgehead atoms. The van der Waals surface area contributed by atoms with Gasteiger partial charge in [0.15, 0.2) is 0 Å². The minimum atomic E-state index is 0.777. The first-order valence-electron chi connectivity index (χ1n) is 18.3. The van der Waals surface area contributed by atoms with Crippen LogP contribution in [-0.2, 0) is 27.9 Å². The van der Waals surface area contributed by atoms with Crippen molar-refractivity contribution >= 4 is 11.4 Å². The second-order valence-electron chi connectivity index (χ2n) is 12.6. The van der Waals surface area contributed by atoms with Gasteiger partial charge in [-0.1, -0.05) is 77.6 Å². The predicted octanol–water partition coefficient (Wildman–Crippen LogP) is 13.0. The number of unbranched alkanes of at least 4 members (excludes halogenated alkanes) is 4. The number of nitrogens with zero attached hydrogens (tertiary/aromatic N) is 2. The van der Waals surface area contributed by atoms with Gasteiger partial charge in [-0.05, 0) is 86.8 Å². The predicted molar refractivity (Wildman–Crippen MR) is 201 cm³/mol. The van der Waals surface area contributed by atoms with E-state index in [1.54, 1.807) is 0 Å². The molecule has 4 aromatic carbocycles. The molecule has 4 nitrogen and oxygen atoms in total. The topological polar surface area (TPSA) is 43.8 Å². The summed E-state index contributed by atoms with van der Waals surface area (Å²) in [6, 6.07) is 36.8. The molecule has 0 saturated carbocycles. The number of rotatable bonds is 18. The van der Waals surface area contributed by atoms with Crippen LogP contribution in [0.2, 0.25) is 0 Å². The van der Waals surface area contributed by atoms with E-state index in [4.69, 9.17) is 7.76 Å². The van der Waals surface area contributed by atoms with Gasteiger partial charge in [0, 0.05) is 22.3 Å². The summed E-state index contributed by atoms with van der Waals surface area (Å²) < 4.78 is 12.2. The standard InChI is InChI=1S/C32H44N2.2C6H6O.Ni/c1-5-9-15-25-17-13-19-27(23-25)31-29(21-11-7-3)30(22-12-8-4)32(34(31)33)28-20-14-18-26(24-28)16-10-6-2;2*7-6-4-2-1-3-5-6;/h13-14,17-20,23-24H,5-12,15-16,21-22H2,1-4H3;2*1-5,7H;/q;;;+2/p-2. The zero-order chi connectivity index (χ0) is 34.7. The Kier molecular flexibility index (Phi) is 16.4. The van der Waals surface area contributed by atoms with E-state index in [9.17, 15) is 5.53 Å². The van der Waals surface area contributed by atoms with Gasteiger partial charge in [-0.25, -0.2) is 4.70 Å². The maximum atomic E-state index is 11.7. The average molecular weight is 702 g/mol. The van der Waals surface area contributed by atoms with Crippen LogP contribution in [0.5, 0.6) is 11.5 Å². The van der Waals surface area contributed by atoms with Crippen molar-refractivity contribution in [1.82, 2.24) is 0 Å². The molecule has 0 unspecified atom stereocenters. The number of aryl methyl sites for hydroxylation is 2. The Balaban J connectivity index is 0.000000299. The maximum absolute atomic E-state index is 11.7. The molecule has 0 amide bonds. The monoisotopic (exact) mass is 700 g/mol. The van der Waals surface area contributed by atoms with Crippen molar-refractivity contribution in [3.63, 3.8) is 0 Å². The molecular weight excluding hydrogens is 647 g/mol. The fraction of sp³-hybridized carbons (Fsp3) is 0.364. The molecular formula is C44H54N2NiO2. The molecule has 49 heavy (non-hydrogen) atoms. The molecule has 0 aliphatic carbocycles. The molecule has 5 heteroatoms. The summed E-state index contributed by atoms with van der Waals surface area (Å²) in [5.41, 5.74) is 21.5. The van der Waals surface area contributed by atoms with Crippen LogP contribution < -0.4 is 7.76 Å². The van der Waals surface area contributed by atoms with Crippen molar-refractivity contribution < 1.29 is 27.5 Å². The van der Waals surface area contributed by atoms with Crippen molar-refractivity contribution in [2.24, 2.45) is 0 Å². The third-order valence-electron chi connectivity index (χ3n) is 8.65. The van der Waals surface area contributed by atoms with E-state index < -0.39 is 0 Å². The van der Waals surface area contributed by atoms with Crippen molar-refractivity contribution in [3.8, 4) is 11.5 Å². The van der Waals surface area contributed by atoms with Gasteiger partial charge < -0.3 is 5.53 Å². The van der Waals surface area contributed by atoms with Gasteiger partial charge in [-0.15, -0.1) is 0 Å². The molecule has 5 rings (SSSR count). The number of allylic oxidation sites excluding steroid dienone is 2. The van der Waals surface area contributed by atoms with Crippen LogP contribution in [-0.4, -0.2) is 4.70 Å². The summed E-state index contributed by atoms with van der Waals surface area (Å²) in [6.45, 7) is 8.99. The van der Waals surface area contributed by atoms with Gasteiger partial charge in [-0.3, -0.25) is 0 Å². The number of benzene rings is 4. The van der Waals surface area contributed by atoms with Crippen LogP contribution in [0, 0.1) is 0 Å². The number of hydrogen-bond acceptors (Lipinski definition) is 2. The van der Waals surface area contributed by atoms with Gasteiger partial charge in [0.1, 0.15) is 0 Å². The molecule has 1 aliphatic heterocycles. The zero-order valence-corrected chi connectivity index (χ0v) is 30.9. The van der Waals surface area contributed by atoms with Crippen LogP contribution in [0.3, 0.4) is 0 Å². The molecule has 0 atom stereocenters. The summed E-state index contributed by atoms with van der Waals surface area (Å²) in [4.78, 5) is 0. The summed E-state index contributed by atoms with van der Waals surface area (Å²) in [5, 5.41) is 0. The van der Waals surface area contributed by atoms with Crippen molar-refractivity contribution in [2.45, 2.75) is 105 Å². The molecule has 4 aromatic rings. The number of hydrogen-bond donors (Lipinski definition) is 0. The van der Waals surface area contributed by atoms with Crippen LogP contribution in [0.1, 0.15) is 114 Å². The molecule has 0 fully saturated rings. The van der Waals surface area contributed by atoms with E-state index in [-0.39, 0.29) is 0 Å². The van der Waals surface area contributed by atoms with E-state index in [0.29, 0.717) is 0 Å². The van der Waals surface area contributed by atoms with Crippen molar-refractivity contribution in [1.29, 1.82) is 0 Å². The quantitative estimate of drug-likeness (QED) is 0.0766. The van der Waals surface area contributed by atoms with Gasteiger partial charge in [0.25, 0.3) is 0 Å². The molecule has 0 aromatic heterocycles. The molecule has 0 N–H and O–H groups in total. The van der Waals surface area contributed by atoms with Crippen LogP contribution in [0.4, 0.5) is 0 Å². The summed E-state index contributed by atoms with van der Waals surface area (Å²) in [5.74, 6) is 1.57. The Morgan fingerprint density at radius 1 is 0.490 bits per heavy atom. The third kappa shape index (κ3) is 11.6. The normalized spacial score (nSPS) is 12.7. The summed E-state index contributed by atoms with van der Waals surface area (Å²) in [7, 11) is 0. The summed E-state index contributed by atoms with van der Waals surface area (Å²) >= 11 is 0.777. The van der Waals surface area contributed by atoms with E-state index >= 15 is 0 Å². The number of para-hydroxylation sites is 2. The fourth-order valence-corrected chi connectivity index (χ4v) is 6.50. The Labute approximate surface area is 302 Å². The first kappa shape index (κ1) is 37.9. The second-order valence-corrected chi connectivity index (χ2v) is 13.2. The van der Waals surface area contributed by atoms with Gasteiger partial charge in [-0.2, -0.15) is 0 Å². The van der Waals surface area contributed by atoms with Crippen molar-refractivity contribution in [2.75, 3.05) is 0 Å². The first-order valence-corrected chi connectivity index (χ1v) is 19.1. The van der Waals surface area contributed by atoms with E-state index in [0.717, 1.165) is 100 Å². The van der Waals surface area contributed by atoms with Gasteiger partial charge >= 0.3 is 95.0 Å². The second kappa shape index (κ2) is 21.2. The Bertz CT molecular complexity index is 1530. The van der Waals surface area contributed by atoms with E-state index in [1.807, 2.05) is 60.7 Å². The van der Waals surface area contributed by atoms with Crippen LogP contribution >= 0.6 is 0 Å².